The van der Waals surface area contributed by atoms with Crippen LogP contribution in [0.15, 0.2) is 47.6 Å². The number of halogens is 1. The van der Waals surface area contributed by atoms with Gasteiger partial charge in [0.2, 0.25) is 0 Å². The summed E-state index contributed by atoms with van der Waals surface area (Å²) >= 11 is 0. The van der Waals surface area contributed by atoms with Gasteiger partial charge in [0, 0.05) is 23.6 Å². The molecule has 8 nitrogen and oxygen atoms in total. The second-order valence-electron chi connectivity index (χ2n) is 6.26. The number of hydrogen-bond donors (Lipinski definition) is 2. The van der Waals surface area contributed by atoms with Crippen molar-refractivity contribution < 1.29 is 9.47 Å². The highest BCUT2D eigenvalue weighted by atomic mass is 127. The van der Waals surface area contributed by atoms with Crippen molar-refractivity contribution >= 4 is 35.6 Å². The molecule has 0 aliphatic carbocycles. The lowest BCUT2D eigenvalue weighted by Crippen LogP contribution is -2.22. The van der Waals surface area contributed by atoms with Crippen molar-refractivity contribution in [3.05, 3.63) is 59.5 Å². The van der Waals surface area contributed by atoms with Gasteiger partial charge in [0.25, 0.3) is 0 Å². The van der Waals surface area contributed by atoms with Crippen molar-refractivity contribution in [3.63, 3.8) is 0 Å². The number of nitrogens with two attached hydrogens (primary N) is 1. The van der Waals surface area contributed by atoms with E-state index in [0.29, 0.717) is 24.0 Å². The topological polar surface area (TPSA) is 99.6 Å². The van der Waals surface area contributed by atoms with Crippen LogP contribution in [0.3, 0.4) is 0 Å². The molecule has 9 heteroatoms. The number of guanidine groups is 1. The lowest BCUT2D eigenvalue weighted by atomic mass is 10.2. The number of ether oxygens (including phenoxy) is 2. The maximum Gasteiger partial charge on any atom is 0.193 e. The van der Waals surface area contributed by atoms with Crippen LogP contribution in [0.5, 0.6) is 11.5 Å². The van der Waals surface area contributed by atoms with Crippen LogP contribution in [0, 0.1) is 13.8 Å². The first-order valence-electron chi connectivity index (χ1n) is 8.77. The molecule has 3 N–H and O–H groups in total. The number of rotatable bonds is 6. The summed E-state index contributed by atoms with van der Waals surface area (Å²) < 4.78 is 12.3. The third-order valence-corrected chi connectivity index (χ3v) is 4.12. The van der Waals surface area contributed by atoms with Gasteiger partial charge in [-0.15, -0.1) is 24.0 Å². The van der Waals surface area contributed by atoms with Crippen molar-refractivity contribution in [1.82, 2.24) is 14.8 Å². The smallest absolute Gasteiger partial charge is 0.193 e. The summed E-state index contributed by atoms with van der Waals surface area (Å²) in [5.74, 6) is 2.34. The predicted octanol–water partition coefficient (Wildman–Crippen LogP) is 3.45. The van der Waals surface area contributed by atoms with E-state index in [1.807, 2.05) is 42.8 Å². The molecule has 1 aromatic carbocycles. The molecule has 0 atom stereocenters. The fourth-order valence-electron chi connectivity index (χ4n) is 2.77. The molecule has 0 aliphatic rings. The van der Waals surface area contributed by atoms with E-state index >= 15 is 0 Å². The van der Waals surface area contributed by atoms with E-state index in [1.54, 1.807) is 32.5 Å². The Kier molecular flexibility index (Phi) is 7.82. The van der Waals surface area contributed by atoms with E-state index in [0.717, 1.165) is 28.5 Å². The van der Waals surface area contributed by atoms with Gasteiger partial charge in [-0.25, -0.2) is 14.7 Å². The van der Waals surface area contributed by atoms with E-state index in [1.165, 1.54) is 0 Å². The number of aliphatic imine (C=N–C) groups is 1. The number of nitrogens with one attached hydrogen (secondary N) is 1. The summed E-state index contributed by atoms with van der Waals surface area (Å²) in [6.45, 7) is 4.37. The van der Waals surface area contributed by atoms with E-state index in [-0.39, 0.29) is 24.0 Å². The third-order valence-electron chi connectivity index (χ3n) is 4.12. The van der Waals surface area contributed by atoms with Gasteiger partial charge in [0.05, 0.1) is 26.5 Å². The molecule has 0 saturated carbocycles. The minimum atomic E-state index is 0. The second-order valence-corrected chi connectivity index (χ2v) is 6.26. The van der Waals surface area contributed by atoms with Gasteiger partial charge < -0.3 is 20.5 Å². The van der Waals surface area contributed by atoms with Crippen molar-refractivity contribution in [2.75, 3.05) is 19.5 Å². The minimum Gasteiger partial charge on any atom is -0.493 e. The van der Waals surface area contributed by atoms with E-state index in [2.05, 4.69) is 20.4 Å². The average Bonchev–Trinajstić information content (AvgIpc) is 3.04. The summed E-state index contributed by atoms with van der Waals surface area (Å²) in [5, 5.41) is 7.48. The Labute approximate surface area is 187 Å². The maximum absolute atomic E-state index is 5.99. The molecule has 0 aliphatic heterocycles. The standard InChI is InChI=1S/C20H24N6O2.HI/c1-13-9-14(2)26(25-13)19-8-5-15(11-22-19)12-23-20(21)24-16-6-7-17(27-3)18(10-16)28-4;/h5-11H,12H2,1-4H3,(H3,21,23,24);1H. The number of aryl methyl sites for hydroxylation is 2. The molecule has 0 bridgehead atoms. The Morgan fingerprint density at radius 2 is 1.86 bits per heavy atom. The van der Waals surface area contributed by atoms with Gasteiger partial charge in [-0.2, -0.15) is 5.10 Å². The molecule has 0 fully saturated rings. The number of aromatic nitrogens is 3. The van der Waals surface area contributed by atoms with Crippen molar-refractivity contribution in [1.29, 1.82) is 0 Å². The van der Waals surface area contributed by atoms with Crippen LogP contribution in [0.4, 0.5) is 5.69 Å². The highest BCUT2D eigenvalue weighted by molar-refractivity contribution is 14.0. The Balaban J connectivity index is 0.00000300. The van der Waals surface area contributed by atoms with Gasteiger partial charge in [0.15, 0.2) is 23.3 Å². The fraction of sp³-hybridized carbons (Fsp3) is 0.250. The molecule has 3 aromatic rings. The van der Waals surface area contributed by atoms with Gasteiger partial charge >= 0.3 is 0 Å². The van der Waals surface area contributed by atoms with Gasteiger partial charge in [-0.1, -0.05) is 6.07 Å². The second kappa shape index (κ2) is 10.1. The molecule has 29 heavy (non-hydrogen) atoms. The summed E-state index contributed by atoms with van der Waals surface area (Å²) in [5.41, 5.74) is 9.70. The normalized spacial score (nSPS) is 11.0. The van der Waals surface area contributed by atoms with Crippen molar-refractivity contribution in [2.45, 2.75) is 20.4 Å². The van der Waals surface area contributed by atoms with Gasteiger partial charge in [0.1, 0.15) is 0 Å². The zero-order valence-corrected chi connectivity index (χ0v) is 19.2. The van der Waals surface area contributed by atoms with Crippen LogP contribution in [0.25, 0.3) is 5.82 Å². The largest absolute Gasteiger partial charge is 0.493 e. The molecule has 3 rings (SSSR count). The molecule has 2 heterocycles. The summed E-state index contributed by atoms with van der Waals surface area (Å²) in [6.07, 6.45) is 1.78. The number of pyridine rings is 1. The molecular weight excluding hydrogens is 483 g/mol. The lowest BCUT2D eigenvalue weighted by Gasteiger charge is -2.11. The molecular formula is C20H25IN6O2. The Bertz CT molecular complexity index is 985. The maximum atomic E-state index is 5.99. The van der Waals surface area contributed by atoms with Gasteiger partial charge in [-0.3, -0.25) is 0 Å². The number of methoxy groups -OCH3 is 2. The number of hydrogen-bond acceptors (Lipinski definition) is 5. The number of anilines is 1. The number of benzene rings is 1. The van der Waals surface area contributed by atoms with E-state index in [9.17, 15) is 0 Å². The van der Waals surface area contributed by atoms with Crippen LogP contribution in [-0.2, 0) is 6.54 Å². The monoisotopic (exact) mass is 508 g/mol. The van der Waals surface area contributed by atoms with Crippen LogP contribution in [0.1, 0.15) is 17.0 Å². The molecule has 0 unspecified atom stereocenters. The molecule has 0 radical (unpaired) electrons. The highest BCUT2D eigenvalue weighted by Crippen LogP contribution is 2.29. The van der Waals surface area contributed by atoms with Crippen molar-refractivity contribution in [2.24, 2.45) is 10.7 Å². The zero-order valence-electron chi connectivity index (χ0n) is 16.8. The first kappa shape index (κ1) is 22.5. The van der Waals surface area contributed by atoms with Crippen LogP contribution in [-0.4, -0.2) is 34.9 Å². The highest BCUT2D eigenvalue weighted by Gasteiger charge is 2.06. The molecule has 0 amide bonds. The Hall–Kier alpha value is -2.82. The first-order valence-corrected chi connectivity index (χ1v) is 8.77. The average molecular weight is 508 g/mol. The Morgan fingerprint density at radius 3 is 2.45 bits per heavy atom. The Morgan fingerprint density at radius 1 is 1.10 bits per heavy atom. The summed E-state index contributed by atoms with van der Waals surface area (Å²) in [6, 6.07) is 11.3. The molecule has 154 valence electrons. The summed E-state index contributed by atoms with van der Waals surface area (Å²) in [7, 11) is 3.18. The fourth-order valence-corrected chi connectivity index (χ4v) is 2.77. The first-order chi connectivity index (χ1) is 13.5. The van der Waals surface area contributed by atoms with Crippen LogP contribution >= 0.6 is 24.0 Å². The molecule has 2 aromatic heterocycles. The summed E-state index contributed by atoms with van der Waals surface area (Å²) in [4.78, 5) is 8.83. The van der Waals surface area contributed by atoms with Crippen LogP contribution in [0.2, 0.25) is 0 Å². The molecule has 0 spiro atoms. The number of nitrogens with zero attached hydrogens (tertiary/aromatic N) is 4. The van der Waals surface area contributed by atoms with E-state index < -0.39 is 0 Å². The zero-order chi connectivity index (χ0) is 20.1. The third kappa shape index (κ3) is 5.59. The molecule has 0 saturated heterocycles. The lowest BCUT2D eigenvalue weighted by molar-refractivity contribution is 0.355. The van der Waals surface area contributed by atoms with Crippen molar-refractivity contribution in [3.8, 4) is 17.3 Å². The predicted molar refractivity (Wildman–Crippen MR) is 125 cm³/mol. The van der Waals surface area contributed by atoms with E-state index in [4.69, 9.17) is 15.2 Å². The van der Waals surface area contributed by atoms with Crippen LogP contribution < -0.4 is 20.5 Å². The minimum absolute atomic E-state index is 0. The SMILES string of the molecule is COc1ccc(NC(N)=NCc2ccc(-n3nc(C)cc3C)nc2)cc1OC.I. The van der Waals surface area contributed by atoms with Gasteiger partial charge in [-0.05, 0) is 43.7 Å². The quantitative estimate of drug-likeness (QED) is 0.301.